The highest BCUT2D eigenvalue weighted by atomic mass is 16.1. The molecule has 5 nitrogen and oxygen atoms in total. The number of azide groups is 1. The smallest absolute Gasteiger partial charge is 0.248 e. The lowest BCUT2D eigenvalue weighted by atomic mass is 10.1. The topological polar surface area (TPSA) is 81.6 Å². The molecule has 0 bridgehead atoms. The van der Waals surface area contributed by atoms with Crippen LogP contribution in [0.5, 0.6) is 0 Å². The highest BCUT2D eigenvalue weighted by molar-refractivity contribution is 5.85. The lowest BCUT2D eigenvalue weighted by Crippen LogP contribution is -2.04. The molecule has 80 valence electrons. The Bertz CT molecular complexity index is 665. The van der Waals surface area contributed by atoms with E-state index in [1.807, 2.05) is 19.9 Å². The number of nitrogens with one attached hydrogen (secondary N) is 1. The maximum absolute atomic E-state index is 11.3. The molecule has 1 aromatic carbocycles. The van der Waals surface area contributed by atoms with Gasteiger partial charge in [0.05, 0.1) is 0 Å². The lowest BCUT2D eigenvalue weighted by molar-refractivity contribution is 1.27. The van der Waals surface area contributed by atoms with Crippen LogP contribution in [0.3, 0.4) is 0 Å². The van der Waals surface area contributed by atoms with Crippen LogP contribution in [0.1, 0.15) is 11.1 Å². The van der Waals surface area contributed by atoms with Crippen LogP contribution in [0.2, 0.25) is 0 Å². The van der Waals surface area contributed by atoms with Gasteiger partial charge < -0.3 is 4.98 Å². The number of aromatic amines is 1. The molecular weight excluding hydrogens is 204 g/mol. The van der Waals surface area contributed by atoms with Gasteiger partial charge in [-0.1, -0.05) is 5.11 Å². The number of H-pyrrole nitrogens is 1. The summed E-state index contributed by atoms with van der Waals surface area (Å²) < 4.78 is 0. The van der Waals surface area contributed by atoms with Crippen molar-refractivity contribution in [3.05, 3.63) is 50.1 Å². The highest BCUT2D eigenvalue weighted by Gasteiger charge is 2.03. The molecular formula is C11H10N4O. The Morgan fingerprint density at radius 1 is 1.25 bits per heavy atom. The normalized spacial score (nSPS) is 10.1. The first-order valence-electron chi connectivity index (χ1n) is 4.81. The van der Waals surface area contributed by atoms with Gasteiger partial charge in [0.1, 0.15) is 0 Å². The van der Waals surface area contributed by atoms with Gasteiger partial charge in [-0.2, -0.15) is 0 Å². The third-order valence-corrected chi connectivity index (χ3v) is 2.52. The molecule has 0 spiro atoms. The summed E-state index contributed by atoms with van der Waals surface area (Å²) in [4.78, 5) is 16.8. The summed E-state index contributed by atoms with van der Waals surface area (Å²) in [5.41, 5.74) is 11.3. The zero-order chi connectivity index (χ0) is 11.7. The van der Waals surface area contributed by atoms with Crippen molar-refractivity contribution in [2.24, 2.45) is 5.11 Å². The summed E-state index contributed by atoms with van der Waals surface area (Å²) in [6.45, 7) is 3.75. The van der Waals surface area contributed by atoms with Gasteiger partial charge in [-0.3, -0.25) is 4.79 Å². The van der Waals surface area contributed by atoms with E-state index in [1.165, 1.54) is 0 Å². The molecule has 0 saturated heterocycles. The van der Waals surface area contributed by atoms with Crippen molar-refractivity contribution in [1.29, 1.82) is 0 Å². The van der Waals surface area contributed by atoms with Crippen LogP contribution in [-0.2, 0) is 0 Å². The van der Waals surface area contributed by atoms with E-state index in [2.05, 4.69) is 15.0 Å². The standard InChI is InChI=1S/C11H10N4O/c1-6-4-11(16)13-10-5-9(14-15-12)7(2)3-8(6)10/h3-5H,1-2H3,(H,13,16). The predicted molar refractivity (Wildman–Crippen MR) is 62.8 cm³/mol. The maximum Gasteiger partial charge on any atom is 0.248 e. The molecule has 0 saturated carbocycles. The van der Waals surface area contributed by atoms with E-state index in [1.54, 1.807) is 12.1 Å². The van der Waals surface area contributed by atoms with Crippen LogP contribution >= 0.6 is 0 Å². The Balaban J connectivity index is 2.89. The van der Waals surface area contributed by atoms with Gasteiger partial charge in [-0.05, 0) is 42.6 Å². The quantitative estimate of drug-likeness (QED) is 0.441. The first kappa shape index (κ1) is 10.3. The van der Waals surface area contributed by atoms with Crippen LogP contribution in [0, 0.1) is 13.8 Å². The summed E-state index contributed by atoms with van der Waals surface area (Å²) in [5, 5.41) is 4.54. The SMILES string of the molecule is Cc1cc2c(C)cc(=O)[nH]c2cc1N=[N+]=[N-]. The second kappa shape index (κ2) is 3.72. The van der Waals surface area contributed by atoms with E-state index >= 15 is 0 Å². The fraction of sp³-hybridized carbons (Fsp3) is 0.182. The van der Waals surface area contributed by atoms with E-state index in [9.17, 15) is 4.79 Å². The minimum Gasteiger partial charge on any atom is -0.322 e. The van der Waals surface area contributed by atoms with Gasteiger partial charge in [-0.25, -0.2) is 0 Å². The molecule has 1 heterocycles. The maximum atomic E-state index is 11.3. The number of pyridine rings is 1. The lowest BCUT2D eigenvalue weighted by Gasteiger charge is -2.05. The van der Waals surface area contributed by atoms with E-state index < -0.39 is 0 Å². The van der Waals surface area contributed by atoms with Crippen molar-refractivity contribution in [2.75, 3.05) is 0 Å². The fourth-order valence-corrected chi connectivity index (χ4v) is 1.73. The number of benzene rings is 1. The summed E-state index contributed by atoms with van der Waals surface area (Å²) >= 11 is 0. The summed E-state index contributed by atoms with van der Waals surface area (Å²) in [6, 6.07) is 5.15. The molecule has 2 rings (SSSR count). The second-order valence-corrected chi connectivity index (χ2v) is 3.69. The third kappa shape index (κ3) is 1.64. The van der Waals surface area contributed by atoms with Gasteiger partial charge in [0.25, 0.3) is 0 Å². The molecule has 0 amide bonds. The van der Waals surface area contributed by atoms with Gasteiger partial charge in [0.15, 0.2) is 0 Å². The molecule has 0 aliphatic carbocycles. The van der Waals surface area contributed by atoms with Crippen molar-refractivity contribution in [1.82, 2.24) is 4.98 Å². The van der Waals surface area contributed by atoms with Crippen molar-refractivity contribution >= 4 is 16.6 Å². The largest absolute Gasteiger partial charge is 0.322 e. The molecule has 1 aromatic heterocycles. The number of nitrogens with zero attached hydrogens (tertiary/aromatic N) is 3. The zero-order valence-electron chi connectivity index (χ0n) is 8.98. The van der Waals surface area contributed by atoms with Gasteiger partial charge >= 0.3 is 0 Å². The average Bonchev–Trinajstić information content (AvgIpc) is 2.21. The van der Waals surface area contributed by atoms with Crippen LogP contribution in [0.25, 0.3) is 21.3 Å². The van der Waals surface area contributed by atoms with E-state index in [4.69, 9.17) is 5.53 Å². The van der Waals surface area contributed by atoms with Crippen LogP contribution in [0.15, 0.2) is 28.1 Å². The van der Waals surface area contributed by atoms with E-state index in [0.29, 0.717) is 11.2 Å². The van der Waals surface area contributed by atoms with Gasteiger partial charge in [0.2, 0.25) is 5.56 Å². The Morgan fingerprint density at radius 3 is 2.69 bits per heavy atom. The Hall–Kier alpha value is -2.26. The molecule has 16 heavy (non-hydrogen) atoms. The van der Waals surface area contributed by atoms with Gasteiger partial charge in [0, 0.05) is 27.6 Å². The first-order chi connectivity index (χ1) is 7.61. The monoisotopic (exact) mass is 214 g/mol. The minimum absolute atomic E-state index is 0.152. The van der Waals surface area contributed by atoms with Crippen molar-refractivity contribution in [3.8, 4) is 0 Å². The highest BCUT2D eigenvalue weighted by Crippen LogP contribution is 2.25. The van der Waals surface area contributed by atoms with Gasteiger partial charge in [-0.15, -0.1) is 0 Å². The Labute approximate surface area is 91.4 Å². The molecule has 0 radical (unpaired) electrons. The summed E-state index contributed by atoms with van der Waals surface area (Å²) in [7, 11) is 0. The van der Waals surface area contributed by atoms with Crippen molar-refractivity contribution in [3.63, 3.8) is 0 Å². The first-order valence-corrected chi connectivity index (χ1v) is 4.81. The van der Waals surface area contributed by atoms with Crippen molar-refractivity contribution in [2.45, 2.75) is 13.8 Å². The third-order valence-electron chi connectivity index (χ3n) is 2.52. The van der Waals surface area contributed by atoms with Crippen molar-refractivity contribution < 1.29 is 0 Å². The van der Waals surface area contributed by atoms with Crippen LogP contribution in [-0.4, -0.2) is 4.98 Å². The molecule has 0 atom stereocenters. The van der Waals surface area contributed by atoms with Crippen LogP contribution < -0.4 is 5.56 Å². The molecule has 0 fully saturated rings. The van der Waals surface area contributed by atoms with E-state index in [0.717, 1.165) is 16.5 Å². The summed E-state index contributed by atoms with van der Waals surface area (Å²) in [5.74, 6) is 0. The minimum atomic E-state index is -0.152. The summed E-state index contributed by atoms with van der Waals surface area (Å²) in [6.07, 6.45) is 0. The Kier molecular flexibility index (Phi) is 2.38. The second-order valence-electron chi connectivity index (χ2n) is 3.69. The molecule has 5 heteroatoms. The number of aromatic nitrogens is 1. The molecule has 2 aromatic rings. The predicted octanol–water partition coefficient (Wildman–Crippen LogP) is 3.09. The zero-order valence-corrected chi connectivity index (χ0v) is 8.98. The molecule has 0 aliphatic heterocycles. The number of aryl methyl sites for hydroxylation is 2. The molecule has 1 N–H and O–H groups in total. The van der Waals surface area contributed by atoms with E-state index in [-0.39, 0.29) is 5.56 Å². The van der Waals surface area contributed by atoms with Crippen LogP contribution in [0.4, 0.5) is 5.69 Å². The fourth-order valence-electron chi connectivity index (χ4n) is 1.73. The Morgan fingerprint density at radius 2 is 2.00 bits per heavy atom. The number of rotatable bonds is 1. The number of hydrogen-bond acceptors (Lipinski definition) is 2. The number of fused-ring (bicyclic) bond motifs is 1. The average molecular weight is 214 g/mol. The number of hydrogen-bond donors (Lipinski definition) is 1. The molecule has 0 aliphatic rings. The molecule has 0 unspecified atom stereocenters.